The maximum atomic E-state index is 8.74. The molecule has 0 rings (SSSR count). The van der Waals surface area contributed by atoms with E-state index in [9.17, 15) is 0 Å². The molecule has 0 atom stereocenters. The maximum absolute atomic E-state index is 8.74. The number of hydrogen-bond acceptors (Lipinski definition) is 6. The molecule has 0 aliphatic rings. The molecule has 10 nitrogen and oxygen atoms in total. The van der Waals surface area contributed by atoms with Crippen LogP contribution >= 0.6 is 0 Å². The van der Waals surface area contributed by atoms with Crippen molar-refractivity contribution in [1.29, 1.82) is 5.59 Å². The monoisotopic (exact) mass is 251 g/mol. The fourth-order valence-corrected chi connectivity index (χ4v) is 0. The molecule has 0 saturated carbocycles. The Morgan fingerprint density at radius 1 is 0.692 bits per heavy atom. The van der Waals surface area contributed by atoms with Gasteiger partial charge in [-0.1, -0.05) is 5.59 Å². The van der Waals surface area contributed by atoms with E-state index in [0.29, 0.717) is 0 Å². The summed E-state index contributed by atoms with van der Waals surface area (Å²) in [6.07, 6.45) is 0. The zero-order chi connectivity index (χ0) is 11.0. The molecule has 0 aromatic carbocycles. The second-order valence-electron chi connectivity index (χ2n) is 0.896. The van der Waals surface area contributed by atoms with E-state index in [-0.39, 0.29) is 29.6 Å². The van der Waals surface area contributed by atoms with Gasteiger partial charge in [0.2, 0.25) is 0 Å². The van der Waals surface area contributed by atoms with Gasteiger partial charge in [0, 0.05) is 0 Å². The first-order valence-corrected chi connectivity index (χ1v) is 4.40. The Morgan fingerprint density at radius 3 is 0.692 bits per heavy atom. The van der Waals surface area contributed by atoms with Gasteiger partial charge in [-0.15, -0.1) is 0 Å². The molecule has 0 bridgehead atoms. The van der Waals surface area contributed by atoms with Crippen LogP contribution in [0.2, 0.25) is 0 Å². The van der Waals surface area contributed by atoms with Crippen LogP contribution in [0.25, 0.3) is 0 Å². The summed E-state index contributed by atoms with van der Waals surface area (Å²) < 4.78 is 63.2. The number of nitroso groups, excluding NO2 is 1. The molecule has 5 N–H and O–H groups in total. The topological polar surface area (TPSA) is 190 Å². The van der Waals surface area contributed by atoms with E-state index in [1.807, 2.05) is 0 Å². The van der Waals surface area contributed by atoms with Crippen molar-refractivity contribution in [1.82, 2.24) is 0 Å². The predicted molar refractivity (Wildman–Crippen MR) is 41.6 cm³/mol. The Balaban J connectivity index is -0.0000000491. The summed E-state index contributed by atoms with van der Waals surface area (Å²) in [6, 6.07) is 0. The quantitative estimate of drug-likeness (QED) is 0.191. The first kappa shape index (κ1) is 23.3. The van der Waals surface area contributed by atoms with Gasteiger partial charge < -0.3 is 0 Å². The third-order valence-electron chi connectivity index (χ3n) is 0. The van der Waals surface area contributed by atoms with Crippen LogP contribution < -0.4 is 0 Å². The zero-order valence-electron chi connectivity index (χ0n) is 5.15. The van der Waals surface area contributed by atoms with Gasteiger partial charge >= 0.3 is 50.4 Å². The van der Waals surface area contributed by atoms with Gasteiger partial charge in [-0.2, -0.15) is 21.7 Å². The Labute approximate surface area is 95.5 Å². The van der Waals surface area contributed by atoms with Crippen molar-refractivity contribution in [3.05, 3.63) is 4.91 Å². The summed E-state index contributed by atoms with van der Waals surface area (Å²) >= 11 is 0. The predicted octanol–water partition coefficient (Wildman–Crippen LogP) is -1.62. The van der Waals surface area contributed by atoms with Gasteiger partial charge in [-0.05, 0) is 0 Å². The van der Waals surface area contributed by atoms with Gasteiger partial charge in [0.15, 0.2) is 0 Å². The van der Waals surface area contributed by atoms with Crippen molar-refractivity contribution in [2.45, 2.75) is 0 Å². The standard InChI is InChI=1S/HNO.Na.2H2O4S.H/c1-2;;2*1-5(2,3)4;/h1H;;2*(H2,1,2,3,4);. The summed E-state index contributed by atoms with van der Waals surface area (Å²) in [4.78, 5) is 7.50. The Morgan fingerprint density at radius 2 is 0.692 bits per heavy atom. The Bertz CT molecular complexity index is 227. The Kier molecular flexibility index (Phi) is 18.7. The summed E-state index contributed by atoms with van der Waals surface area (Å²) in [5.74, 6) is 0. The molecule has 0 amide bonds. The molecule has 0 unspecified atom stereocenters. The molecule has 0 fully saturated rings. The van der Waals surface area contributed by atoms with Gasteiger partial charge in [-0.25, -0.2) is 0 Å². The van der Waals surface area contributed by atoms with E-state index >= 15 is 0 Å². The molecule has 13 heteroatoms. The van der Waals surface area contributed by atoms with Crippen molar-refractivity contribution < 1.29 is 35.0 Å². The van der Waals surface area contributed by atoms with Gasteiger partial charge in [0.25, 0.3) is 0 Å². The molecular weight excluding hydrogens is 245 g/mol. The first-order chi connectivity index (χ1) is 5.00. The fraction of sp³-hybridized carbons (Fsp3) is 0. The molecule has 0 aromatic heterocycles. The second-order valence-corrected chi connectivity index (χ2v) is 2.69. The number of nitrogens with one attached hydrogen (secondary N) is 1. The van der Waals surface area contributed by atoms with E-state index in [4.69, 9.17) is 40.0 Å². The third-order valence-corrected chi connectivity index (χ3v) is 0. The van der Waals surface area contributed by atoms with E-state index < -0.39 is 20.8 Å². The molecule has 78 valence electrons. The van der Waals surface area contributed by atoms with E-state index in [1.165, 1.54) is 0 Å². The van der Waals surface area contributed by atoms with E-state index in [0.717, 1.165) is 0 Å². The number of hydrogen-bond donors (Lipinski definition) is 5. The molecule has 0 aliphatic heterocycles. The van der Waals surface area contributed by atoms with Crippen molar-refractivity contribution in [2.75, 3.05) is 0 Å². The summed E-state index contributed by atoms with van der Waals surface area (Å²) in [5, 5.41) is 0. The average molecular weight is 251 g/mol. The van der Waals surface area contributed by atoms with Crippen molar-refractivity contribution >= 4 is 50.4 Å². The van der Waals surface area contributed by atoms with Crippen LogP contribution in [0.15, 0.2) is 0 Å². The molecule has 0 aliphatic carbocycles. The molecule has 0 heterocycles. The van der Waals surface area contributed by atoms with Crippen LogP contribution in [0.1, 0.15) is 0 Å². The Hall–Kier alpha value is 0.340. The third kappa shape index (κ3) is 11400. The number of rotatable bonds is 0. The van der Waals surface area contributed by atoms with Crippen molar-refractivity contribution in [2.24, 2.45) is 0 Å². The molecule has 0 saturated heterocycles. The first-order valence-electron chi connectivity index (χ1n) is 1.60. The van der Waals surface area contributed by atoms with Crippen LogP contribution in [0.5, 0.6) is 0 Å². The SMILES string of the molecule is N=O.O=S(=O)(O)O.O=S(=O)(O)O.[NaH]. The van der Waals surface area contributed by atoms with E-state index in [1.54, 1.807) is 0 Å². The summed E-state index contributed by atoms with van der Waals surface area (Å²) in [6.45, 7) is 0. The van der Waals surface area contributed by atoms with Gasteiger partial charge in [0.1, 0.15) is 0 Å². The van der Waals surface area contributed by atoms with Crippen LogP contribution in [-0.2, 0) is 20.8 Å². The molecule has 0 spiro atoms. The molecule has 13 heavy (non-hydrogen) atoms. The van der Waals surface area contributed by atoms with Crippen LogP contribution in [0, 0.1) is 10.5 Å². The van der Waals surface area contributed by atoms with Crippen molar-refractivity contribution in [3.8, 4) is 0 Å². The average Bonchev–Trinajstić information content (AvgIpc) is 1.59. The van der Waals surface area contributed by atoms with Gasteiger partial charge in [0.05, 0.1) is 0 Å². The summed E-state index contributed by atoms with van der Waals surface area (Å²) in [5.41, 5.74) is 4.50. The van der Waals surface area contributed by atoms with Crippen LogP contribution in [0.3, 0.4) is 0 Å². The normalized spacial score (nSPS) is 9.23. The van der Waals surface area contributed by atoms with Crippen LogP contribution in [0.4, 0.5) is 0 Å². The van der Waals surface area contributed by atoms with Crippen molar-refractivity contribution in [3.63, 3.8) is 0 Å². The molecular formula is H6NNaO9S2. The second kappa shape index (κ2) is 10.4. The van der Waals surface area contributed by atoms with Crippen LogP contribution in [-0.4, -0.2) is 64.6 Å². The molecule has 0 radical (unpaired) electrons. The van der Waals surface area contributed by atoms with Gasteiger partial charge in [-0.3, -0.25) is 18.2 Å². The van der Waals surface area contributed by atoms with E-state index in [2.05, 4.69) is 5.59 Å². The zero-order valence-corrected chi connectivity index (χ0v) is 6.78. The minimum absolute atomic E-state index is 0. The minimum atomic E-state index is -4.67. The molecule has 0 aromatic rings. The summed E-state index contributed by atoms with van der Waals surface area (Å²) in [7, 11) is -9.33. The fourth-order valence-electron chi connectivity index (χ4n) is 0.